The molecule has 0 saturated heterocycles. The maximum atomic E-state index is 12.3. The Bertz CT molecular complexity index is 877. The van der Waals surface area contributed by atoms with Crippen molar-refractivity contribution in [3.8, 4) is 11.5 Å². The van der Waals surface area contributed by atoms with Crippen molar-refractivity contribution in [2.45, 2.75) is 12.2 Å². The number of para-hydroxylation sites is 2. The molecule has 1 amide bonds. The number of thioether (sulfide) groups is 1. The van der Waals surface area contributed by atoms with Crippen LogP contribution in [0.15, 0.2) is 42.5 Å². The quantitative estimate of drug-likeness (QED) is 0.656. The molecule has 2 aromatic carbocycles. The third-order valence-corrected chi connectivity index (χ3v) is 5.09. The zero-order valence-electron chi connectivity index (χ0n) is 14.9. The first-order valence-corrected chi connectivity index (χ1v) is 9.23. The number of amides is 1. The number of hydrogen-bond donors (Lipinski definition) is 2. The monoisotopic (exact) mass is 371 g/mol. The summed E-state index contributed by atoms with van der Waals surface area (Å²) in [6.07, 6.45) is 0. The van der Waals surface area contributed by atoms with E-state index in [4.69, 9.17) is 9.47 Å². The van der Waals surface area contributed by atoms with Crippen LogP contribution in [0.1, 0.15) is 18.0 Å². The highest BCUT2D eigenvalue weighted by atomic mass is 32.2. The first-order valence-electron chi connectivity index (χ1n) is 8.19. The number of ether oxygens (including phenoxy) is 2. The molecular weight excluding hydrogens is 350 g/mol. The van der Waals surface area contributed by atoms with Crippen LogP contribution in [0.4, 0.5) is 5.69 Å². The molecule has 0 bridgehead atoms. The molecule has 136 valence electrons. The third kappa shape index (κ3) is 4.11. The summed E-state index contributed by atoms with van der Waals surface area (Å²) in [6.45, 7) is 2.03. The number of rotatable bonds is 7. The highest BCUT2D eigenvalue weighted by molar-refractivity contribution is 8.00. The molecule has 0 radical (unpaired) electrons. The van der Waals surface area contributed by atoms with Crippen molar-refractivity contribution < 1.29 is 14.3 Å². The molecule has 26 heavy (non-hydrogen) atoms. The fraction of sp³-hybridized carbons (Fsp3) is 0.263. The van der Waals surface area contributed by atoms with Gasteiger partial charge in [0, 0.05) is 6.07 Å². The number of hydrogen-bond acceptors (Lipinski definition) is 5. The topological polar surface area (TPSA) is 76.2 Å². The molecule has 6 nitrogen and oxygen atoms in total. The Morgan fingerprint density at radius 3 is 2.77 bits per heavy atom. The minimum atomic E-state index is -0.0959. The van der Waals surface area contributed by atoms with Crippen LogP contribution >= 0.6 is 11.8 Å². The Labute approximate surface area is 156 Å². The minimum absolute atomic E-state index is 0.0749. The molecule has 0 aliphatic carbocycles. The summed E-state index contributed by atoms with van der Waals surface area (Å²) in [5.41, 5.74) is 2.56. The van der Waals surface area contributed by atoms with Gasteiger partial charge >= 0.3 is 0 Å². The van der Waals surface area contributed by atoms with Gasteiger partial charge in [0.15, 0.2) is 0 Å². The number of aromatic amines is 1. The lowest BCUT2D eigenvalue weighted by Gasteiger charge is -2.12. The number of imidazole rings is 1. The van der Waals surface area contributed by atoms with Gasteiger partial charge in [0.2, 0.25) is 5.91 Å². The van der Waals surface area contributed by atoms with E-state index in [1.807, 2.05) is 31.2 Å². The molecular formula is C19H21N3O3S. The lowest BCUT2D eigenvalue weighted by atomic mass is 10.2. The van der Waals surface area contributed by atoms with Crippen LogP contribution in [0.25, 0.3) is 11.0 Å². The van der Waals surface area contributed by atoms with E-state index >= 15 is 0 Å². The molecule has 3 rings (SSSR count). The molecule has 0 spiro atoms. The van der Waals surface area contributed by atoms with Gasteiger partial charge in [-0.2, -0.15) is 0 Å². The van der Waals surface area contributed by atoms with Crippen LogP contribution in [-0.4, -0.2) is 35.8 Å². The standard InChI is InChI=1S/C19H21N3O3S/c1-12(19-21-14-6-4-5-7-15(14)22-19)26-11-18(23)20-16-9-8-13(24-2)10-17(16)25-3/h4-10,12H,11H2,1-3H3,(H,20,23)(H,21,22)/t12-/m0/s1. The molecule has 7 heteroatoms. The van der Waals surface area contributed by atoms with E-state index in [9.17, 15) is 4.79 Å². The van der Waals surface area contributed by atoms with Crippen LogP contribution in [-0.2, 0) is 4.79 Å². The van der Waals surface area contributed by atoms with Crippen LogP contribution in [0.2, 0.25) is 0 Å². The number of H-pyrrole nitrogens is 1. The van der Waals surface area contributed by atoms with E-state index in [0.29, 0.717) is 22.9 Å². The summed E-state index contributed by atoms with van der Waals surface area (Å²) in [5, 5.41) is 2.95. The van der Waals surface area contributed by atoms with Crippen molar-refractivity contribution in [3.05, 3.63) is 48.3 Å². The number of nitrogens with zero attached hydrogens (tertiary/aromatic N) is 1. The normalized spacial score (nSPS) is 12.0. The SMILES string of the molecule is COc1ccc(NC(=O)CS[C@@H](C)c2nc3ccccc3[nH]2)c(OC)c1. The zero-order valence-corrected chi connectivity index (χ0v) is 15.7. The average Bonchev–Trinajstić information content (AvgIpc) is 3.10. The van der Waals surface area contributed by atoms with Gasteiger partial charge in [-0.1, -0.05) is 12.1 Å². The summed E-state index contributed by atoms with van der Waals surface area (Å²) >= 11 is 1.52. The minimum Gasteiger partial charge on any atom is -0.497 e. The molecule has 0 aliphatic rings. The fourth-order valence-electron chi connectivity index (χ4n) is 2.53. The molecule has 0 unspecified atom stereocenters. The number of fused-ring (bicyclic) bond motifs is 1. The number of benzene rings is 2. The molecule has 1 aromatic heterocycles. The number of aromatic nitrogens is 2. The summed E-state index contributed by atoms with van der Waals surface area (Å²) in [7, 11) is 3.14. The summed E-state index contributed by atoms with van der Waals surface area (Å²) in [4.78, 5) is 20.2. The van der Waals surface area contributed by atoms with E-state index < -0.39 is 0 Å². The van der Waals surface area contributed by atoms with Crippen LogP contribution in [0.5, 0.6) is 11.5 Å². The van der Waals surface area contributed by atoms with Crippen molar-refractivity contribution in [1.82, 2.24) is 9.97 Å². The van der Waals surface area contributed by atoms with Crippen LogP contribution in [0, 0.1) is 0 Å². The van der Waals surface area contributed by atoms with Gasteiger partial charge in [0.25, 0.3) is 0 Å². The van der Waals surface area contributed by atoms with E-state index in [1.165, 1.54) is 11.8 Å². The van der Waals surface area contributed by atoms with Gasteiger partial charge in [-0.15, -0.1) is 11.8 Å². The Kier molecular flexibility index (Phi) is 5.68. The molecule has 2 N–H and O–H groups in total. The van der Waals surface area contributed by atoms with Crippen molar-refractivity contribution in [1.29, 1.82) is 0 Å². The molecule has 3 aromatic rings. The predicted molar refractivity (Wildman–Crippen MR) is 105 cm³/mol. The Morgan fingerprint density at radius 1 is 1.23 bits per heavy atom. The summed E-state index contributed by atoms with van der Waals surface area (Å²) < 4.78 is 10.5. The van der Waals surface area contributed by atoms with Crippen molar-refractivity contribution in [2.24, 2.45) is 0 Å². The maximum absolute atomic E-state index is 12.3. The van der Waals surface area contributed by atoms with Crippen LogP contribution in [0.3, 0.4) is 0 Å². The number of carbonyl (C=O) groups excluding carboxylic acids is 1. The summed E-state index contributed by atoms with van der Waals surface area (Å²) in [5.74, 6) is 2.32. The van der Waals surface area contributed by atoms with Crippen molar-refractivity contribution >= 4 is 34.4 Å². The lowest BCUT2D eigenvalue weighted by Crippen LogP contribution is -2.15. The second-order valence-electron chi connectivity index (χ2n) is 5.71. The molecule has 0 fully saturated rings. The van der Waals surface area contributed by atoms with Crippen LogP contribution < -0.4 is 14.8 Å². The number of methoxy groups -OCH3 is 2. The van der Waals surface area contributed by atoms with E-state index in [0.717, 1.165) is 16.9 Å². The van der Waals surface area contributed by atoms with E-state index in [1.54, 1.807) is 32.4 Å². The highest BCUT2D eigenvalue weighted by Gasteiger charge is 2.14. The fourth-order valence-corrected chi connectivity index (χ4v) is 3.28. The van der Waals surface area contributed by atoms with Gasteiger partial charge < -0.3 is 19.8 Å². The Balaban J connectivity index is 1.60. The number of carbonyl (C=O) groups is 1. The summed E-state index contributed by atoms with van der Waals surface area (Å²) in [6, 6.07) is 13.2. The second-order valence-corrected chi connectivity index (χ2v) is 7.04. The lowest BCUT2D eigenvalue weighted by molar-refractivity contribution is -0.113. The molecule has 1 atom stereocenters. The van der Waals surface area contributed by atoms with Gasteiger partial charge in [0.05, 0.1) is 41.9 Å². The first-order chi connectivity index (χ1) is 12.6. The largest absolute Gasteiger partial charge is 0.497 e. The molecule has 0 saturated carbocycles. The van der Waals surface area contributed by atoms with Crippen molar-refractivity contribution in [3.63, 3.8) is 0 Å². The highest BCUT2D eigenvalue weighted by Crippen LogP contribution is 2.30. The molecule has 1 heterocycles. The van der Waals surface area contributed by atoms with Gasteiger partial charge in [0.1, 0.15) is 17.3 Å². The van der Waals surface area contributed by atoms with Gasteiger partial charge in [-0.25, -0.2) is 4.98 Å². The zero-order chi connectivity index (χ0) is 18.5. The Morgan fingerprint density at radius 2 is 2.04 bits per heavy atom. The predicted octanol–water partition coefficient (Wildman–Crippen LogP) is 4.01. The number of nitrogens with one attached hydrogen (secondary N) is 2. The smallest absolute Gasteiger partial charge is 0.234 e. The van der Waals surface area contributed by atoms with E-state index in [2.05, 4.69) is 15.3 Å². The number of anilines is 1. The molecule has 0 aliphatic heterocycles. The van der Waals surface area contributed by atoms with Crippen molar-refractivity contribution in [2.75, 3.05) is 25.3 Å². The third-order valence-electron chi connectivity index (χ3n) is 3.94. The average molecular weight is 371 g/mol. The van der Waals surface area contributed by atoms with Gasteiger partial charge in [-0.05, 0) is 31.2 Å². The Hall–Kier alpha value is -2.67. The van der Waals surface area contributed by atoms with Gasteiger partial charge in [-0.3, -0.25) is 4.79 Å². The maximum Gasteiger partial charge on any atom is 0.234 e. The first kappa shape index (κ1) is 18.1. The second kappa shape index (κ2) is 8.14. The van der Waals surface area contributed by atoms with E-state index in [-0.39, 0.29) is 11.2 Å².